The van der Waals surface area contributed by atoms with Crippen LogP contribution in [0.2, 0.25) is 0 Å². The molecule has 1 aliphatic rings. The van der Waals surface area contributed by atoms with Crippen molar-refractivity contribution in [1.29, 1.82) is 5.26 Å². The lowest BCUT2D eigenvalue weighted by Crippen LogP contribution is -2.48. The topological polar surface area (TPSA) is 44.0 Å². The van der Waals surface area contributed by atoms with Gasteiger partial charge in [0.05, 0.1) is 11.7 Å². The number of hydrogen-bond acceptors (Lipinski definition) is 2. The van der Waals surface area contributed by atoms with Gasteiger partial charge in [0.1, 0.15) is 4.87 Å². The summed E-state index contributed by atoms with van der Waals surface area (Å²) >= 11 is 6.07. The van der Waals surface area contributed by atoms with Crippen LogP contribution in [-0.2, 0) is 0 Å². The third-order valence-electron chi connectivity index (χ3n) is 3.03. The van der Waals surface area contributed by atoms with Crippen LogP contribution in [0, 0.1) is 17.2 Å². The van der Waals surface area contributed by atoms with Crippen molar-refractivity contribution in [2.75, 3.05) is 0 Å². The second kappa shape index (κ2) is 2.90. The molecule has 0 aliphatic heterocycles. The molecule has 68 valence electrons. The van der Waals surface area contributed by atoms with Gasteiger partial charge in [0.2, 0.25) is 0 Å². The Kier molecular flexibility index (Phi) is 2.38. The first-order valence-corrected chi connectivity index (χ1v) is 4.63. The molecule has 0 heterocycles. The summed E-state index contributed by atoms with van der Waals surface area (Å²) in [5.74, 6) is -0.162. The van der Waals surface area contributed by atoms with Gasteiger partial charge in [-0.15, -0.1) is 11.6 Å². The smallest absolute Gasteiger partial charge is 0.136 e. The van der Waals surface area contributed by atoms with E-state index < -0.39 is 10.5 Å². The molecule has 0 spiro atoms. The van der Waals surface area contributed by atoms with Crippen LogP contribution in [0.15, 0.2) is 0 Å². The minimum Gasteiger partial charge on any atom is -0.390 e. The second-order valence-electron chi connectivity index (χ2n) is 3.91. The lowest BCUT2D eigenvalue weighted by atomic mass is 9.71. The zero-order valence-electron chi connectivity index (χ0n) is 7.47. The summed E-state index contributed by atoms with van der Waals surface area (Å²) in [6.07, 6.45) is 2.25. The van der Waals surface area contributed by atoms with Crippen molar-refractivity contribution in [1.82, 2.24) is 0 Å². The molecule has 12 heavy (non-hydrogen) atoms. The van der Waals surface area contributed by atoms with Crippen molar-refractivity contribution < 1.29 is 5.11 Å². The van der Waals surface area contributed by atoms with Crippen molar-refractivity contribution in [2.24, 2.45) is 5.92 Å². The van der Waals surface area contributed by atoms with E-state index in [-0.39, 0.29) is 5.92 Å². The van der Waals surface area contributed by atoms with Crippen LogP contribution < -0.4 is 0 Å². The van der Waals surface area contributed by atoms with E-state index >= 15 is 0 Å². The number of nitriles is 1. The van der Waals surface area contributed by atoms with E-state index in [9.17, 15) is 5.11 Å². The molecule has 0 aromatic rings. The van der Waals surface area contributed by atoms with Gasteiger partial charge in [0, 0.05) is 5.92 Å². The summed E-state index contributed by atoms with van der Waals surface area (Å²) in [6.45, 7) is 3.60. The van der Waals surface area contributed by atoms with Gasteiger partial charge in [0.15, 0.2) is 0 Å². The number of nitrogens with zero attached hydrogens (tertiary/aromatic N) is 1. The highest BCUT2D eigenvalue weighted by molar-refractivity contribution is 6.26. The number of rotatable bonds is 0. The highest BCUT2D eigenvalue weighted by Crippen LogP contribution is 2.43. The Balaban J connectivity index is 2.89. The predicted octanol–water partition coefficient (Wildman–Crippen LogP) is 2.06. The highest BCUT2D eigenvalue weighted by Gasteiger charge is 2.47. The summed E-state index contributed by atoms with van der Waals surface area (Å²) < 4.78 is 0. The summed E-state index contributed by atoms with van der Waals surface area (Å²) in [6, 6.07) is 2.09. The first-order chi connectivity index (χ1) is 5.42. The monoisotopic (exact) mass is 187 g/mol. The van der Waals surface area contributed by atoms with Crippen molar-refractivity contribution in [3.05, 3.63) is 0 Å². The van der Waals surface area contributed by atoms with E-state index in [1.54, 1.807) is 6.92 Å². The number of halogens is 1. The molecule has 0 amide bonds. The Morgan fingerprint density at radius 2 is 2.17 bits per heavy atom. The zero-order chi connectivity index (χ0) is 9.41. The first kappa shape index (κ1) is 9.83. The Morgan fingerprint density at radius 1 is 1.58 bits per heavy atom. The maximum Gasteiger partial charge on any atom is 0.136 e. The van der Waals surface area contributed by atoms with Crippen molar-refractivity contribution in [3.8, 4) is 6.07 Å². The maximum atomic E-state index is 9.87. The van der Waals surface area contributed by atoms with Crippen LogP contribution in [0.5, 0.6) is 0 Å². The Morgan fingerprint density at radius 3 is 2.58 bits per heavy atom. The van der Waals surface area contributed by atoms with E-state index in [0.29, 0.717) is 6.42 Å². The minimum absolute atomic E-state index is 0.162. The van der Waals surface area contributed by atoms with Crippen molar-refractivity contribution >= 4 is 11.6 Å². The molecular weight excluding hydrogens is 174 g/mol. The van der Waals surface area contributed by atoms with Gasteiger partial charge in [-0.1, -0.05) is 6.92 Å². The van der Waals surface area contributed by atoms with Gasteiger partial charge < -0.3 is 5.11 Å². The molecule has 0 radical (unpaired) electrons. The zero-order valence-corrected chi connectivity index (χ0v) is 8.23. The van der Waals surface area contributed by atoms with Crippen LogP contribution in [0.1, 0.15) is 33.1 Å². The quantitative estimate of drug-likeness (QED) is 0.590. The molecule has 0 aromatic carbocycles. The number of hydrogen-bond donors (Lipinski definition) is 1. The third-order valence-corrected chi connectivity index (χ3v) is 3.63. The van der Waals surface area contributed by atoms with Crippen LogP contribution in [0.25, 0.3) is 0 Å². The second-order valence-corrected chi connectivity index (χ2v) is 4.58. The molecule has 1 fully saturated rings. The molecule has 0 bridgehead atoms. The Labute approximate surface area is 78.1 Å². The predicted molar refractivity (Wildman–Crippen MR) is 47.8 cm³/mol. The molecule has 2 nitrogen and oxygen atoms in total. The summed E-state index contributed by atoms with van der Waals surface area (Å²) in [4.78, 5) is -0.859. The number of alkyl halides is 1. The van der Waals surface area contributed by atoms with E-state index in [1.807, 2.05) is 6.92 Å². The van der Waals surface area contributed by atoms with Crippen LogP contribution in [0.4, 0.5) is 0 Å². The molecule has 0 aromatic heterocycles. The molecule has 1 N–H and O–H groups in total. The lowest BCUT2D eigenvalue weighted by molar-refractivity contribution is -0.0326. The maximum absolute atomic E-state index is 9.87. The van der Waals surface area contributed by atoms with Crippen LogP contribution in [-0.4, -0.2) is 15.6 Å². The van der Waals surface area contributed by atoms with Crippen molar-refractivity contribution in [2.45, 2.75) is 43.6 Å². The van der Waals surface area contributed by atoms with Gasteiger partial charge in [-0.25, -0.2) is 0 Å². The van der Waals surface area contributed by atoms with E-state index in [4.69, 9.17) is 16.9 Å². The van der Waals surface area contributed by atoms with Crippen LogP contribution in [0.3, 0.4) is 0 Å². The molecule has 0 unspecified atom stereocenters. The molecule has 1 aliphatic carbocycles. The summed E-state index contributed by atoms with van der Waals surface area (Å²) in [7, 11) is 0. The van der Waals surface area contributed by atoms with Crippen LogP contribution >= 0.6 is 11.6 Å². The van der Waals surface area contributed by atoms with Gasteiger partial charge in [0.25, 0.3) is 0 Å². The lowest BCUT2D eigenvalue weighted by Gasteiger charge is -2.42. The normalized spacial score (nSPS) is 48.4. The Hall–Kier alpha value is -0.260. The molecule has 0 saturated heterocycles. The van der Waals surface area contributed by atoms with E-state index in [0.717, 1.165) is 12.8 Å². The minimum atomic E-state index is -0.859. The standard InChI is InChI=1S/C9H14ClNO/c1-7-8(2,12)4-3-5-9(7,10)6-11/h7,12H,3-5H2,1-2H3/t7-,8-,9-/m0/s1. The average molecular weight is 188 g/mol. The van der Waals surface area contributed by atoms with Gasteiger partial charge in [-0.2, -0.15) is 5.26 Å². The first-order valence-electron chi connectivity index (χ1n) is 4.25. The largest absolute Gasteiger partial charge is 0.390 e. The van der Waals surface area contributed by atoms with Gasteiger partial charge in [-0.3, -0.25) is 0 Å². The SMILES string of the molecule is C[C@H]1[C@@](C)(O)CCC[C@]1(Cl)C#N. The van der Waals surface area contributed by atoms with E-state index in [2.05, 4.69) is 6.07 Å². The fourth-order valence-electron chi connectivity index (χ4n) is 1.78. The van der Waals surface area contributed by atoms with Gasteiger partial charge >= 0.3 is 0 Å². The van der Waals surface area contributed by atoms with Gasteiger partial charge in [-0.05, 0) is 26.2 Å². The molecular formula is C9H14ClNO. The molecule has 1 saturated carbocycles. The fourth-order valence-corrected chi connectivity index (χ4v) is 2.15. The molecule has 3 heteroatoms. The summed E-state index contributed by atoms with van der Waals surface area (Å²) in [5.41, 5.74) is -0.782. The number of aliphatic hydroxyl groups is 1. The average Bonchev–Trinajstić information content (AvgIpc) is 2.00. The third kappa shape index (κ3) is 1.44. The molecule has 1 rings (SSSR count). The fraction of sp³-hybridized carbons (Fsp3) is 0.889. The highest BCUT2D eigenvalue weighted by atomic mass is 35.5. The van der Waals surface area contributed by atoms with E-state index in [1.165, 1.54) is 0 Å². The van der Waals surface area contributed by atoms with Crippen molar-refractivity contribution in [3.63, 3.8) is 0 Å². The Bertz CT molecular complexity index is 221. The summed E-state index contributed by atoms with van der Waals surface area (Å²) in [5, 5.41) is 18.7. The molecule has 3 atom stereocenters.